The second kappa shape index (κ2) is 3.76. The molecule has 0 aromatic heterocycles. The van der Waals surface area contributed by atoms with E-state index in [-0.39, 0.29) is 17.8 Å². The van der Waals surface area contributed by atoms with Crippen LogP contribution in [0.1, 0.15) is 12.8 Å². The van der Waals surface area contributed by atoms with Crippen LogP contribution in [0.15, 0.2) is 18.2 Å². The van der Waals surface area contributed by atoms with Crippen molar-refractivity contribution in [3.05, 3.63) is 24.0 Å². The quantitative estimate of drug-likeness (QED) is 0.649. The Kier molecular flexibility index (Phi) is 2.45. The number of anilines is 2. The first-order valence-corrected chi connectivity index (χ1v) is 4.77. The second-order valence-electron chi connectivity index (χ2n) is 3.61. The molecular weight excluding hydrogens is 197 g/mol. The zero-order chi connectivity index (χ0) is 10.8. The molecule has 0 atom stereocenters. The Morgan fingerprint density at radius 1 is 1.47 bits per heavy atom. The van der Waals surface area contributed by atoms with E-state index in [1.807, 2.05) is 0 Å². The summed E-state index contributed by atoms with van der Waals surface area (Å²) in [6, 6.07) is 4.03. The molecule has 2 rings (SSSR count). The van der Waals surface area contributed by atoms with Gasteiger partial charge in [-0.05, 0) is 31.0 Å². The number of amides is 2. The highest BCUT2D eigenvalue weighted by Crippen LogP contribution is 2.20. The Hall–Kier alpha value is -1.78. The zero-order valence-corrected chi connectivity index (χ0v) is 8.09. The minimum atomic E-state index is -0.527. The van der Waals surface area contributed by atoms with Crippen molar-refractivity contribution in [2.75, 3.05) is 11.1 Å². The fraction of sp³-hybridized carbons (Fsp3) is 0.300. The van der Waals surface area contributed by atoms with Crippen molar-refractivity contribution in [1.29, 1.82) is 0 Å². The van der Waals surface area contributed by atoms with Gasteiger partial charge in [-0.15, -0.1) is 0 Å². The number of hydrogen-bond acceptors (Lipinski definition) is 2. The highest BCUT2D eigenvalue weighted by atomic mass is 19.1. The lowest BCUT2D eigenvalue weighted by Gasteiger charge is -2.07. The highest BCUT2D eigenvalue weighted by molar-refractivity contribution is 5.89. The number of nitrogen functional groups attached to an aromatic ring is 1. The molecule has 0 spiro atoms. The summed E-state index contributed by atoms with van der Waals surface area (Å²) >= 11 is 0. The summed E-state index contributed by atoms with van der Waals surface area (Å²) in [5, 5.41) is 5.12. The lowest BCUT2D eigenvalue weighted by molar-refractivity contribution is 0.251. The highest BCUT2D eigenvalue weighted by Gasteiger charge is 2.23. The Morgan fingerprint density at radius 2 is 2.20 bits per heavy atom. The van der Waals surface area contributed by atoms with Gasteiger partial charge < -0.3 is 16.4 Å². The van der Waals surface area contributed by atoms with Crippen LogP contribution in [0.4, 0.5) is 20.6 Å². The van der Waals surface area contributed by atoms with Gasteiger partial charge in [0.2, 0.25) is 0 Å². The molecule has 1 fully saturated rings. The first-order chi connectivity index (χ1) is 7.15. The maximum Gasteiger partial charge on any atom is 0.319 e. The number of benzene rings is 1. The van der Waals surface area contributed by atoms with E-state index in [0.29, 0.717) is 5.69 Å². The van der Waals surface area contributed by atoms with E-state index in [2.05, 4.69) is 10.6 Å². The molecule has 1 aliphatic carbocycles. The third-order valence-corrected chi connectivity index (χ3v) is 2.15. The third-order valence-electron chi connectivity index (χ3n) is 2.15. The van der Waals surface area contributed by atoms with Crippen LogP contribution in [0.3, 0.4) is 0 Å². The van der Waals surface area contributed by atoms with Gasteiger partial charge in [0.15, 0.2) is 0 Å². The van der Waals surface area contributed by atoms with E-state index >= 15 is 0 Å². The summed E-state index contributed by atoms with van der Waals surface area (Å²) in [6.07, 6.45) is 2.00. The predicted molar refractivity (Wildman–Crippen MR) is 56.0 cm³/mol. The summed E-state index contributed by atoms with van der Waals surface area (Å²) in [5.41, 5.74) is 5.86. The molecule has 0 radical (unpaired) electrons. The lowest BCUT2D eigenvalue weighted by Crippen LogP contribution is -2.30. The Morgan fingerprint density at radius 3 is 2.80 bits per heavy atom. The first kappa shape index (κ1) is 9.76. The normalized spacial score (nSPS) is 14.7. The molecule has 0 aliphatic heterocycles. The molecule has 0 bridgehead atoms. The van der Waals surface area contributed by atoms with Gasteiger partial charge in [0.1, 0.15) is 5.82 Å². The molecule has 15 heavy (non-hydrogen) atoms. The number of hydrogen-bond donors (Lipinski definition) is 3. The molecular formula is C10H12FN3O. The summed E-state index contributed by atoms with van der Waals surface area (Å²) in [4.78, 5) is 11.3. The van der Waals surface area contributed by atoms with Crippen molar-refractivity contribution >= 4 is 17.4 Å². The van der Waals surface area contributed by atoms with Gasteiger partial charge in [-0.3, -0.25) is 0 Å². The van der Waals surface area contributed by atoms with Crippen LogP contribution in [0, 0.1) is 5.82 Å². The zero-order valence-electron chi connectivity index (χ0n) is 8.09. The molecule has 1 saturated carbocycles. The molecule has 1 aliphatic rings. The number of nitrogens with two attached hydrogens (primary N) is 1. The van der Waals surface area contributed by atoms with Crippen molar-refractivity contribution in [2.45, 2.75) is 18.9 Å². The number of carbonyl (C=O) groups is 1. The molecule has 0 heterocycles. The van der Waals surface area contributed by atoms with Crippen LogP contribution in [0.5, 0.6) is 0 Å². The van der Waals surface area contributed by atoms with Crippen LogP contribution in [0.25, 0.3) is 0 Å². The van der Waals surface area contributed by atoms with E-state index in [1.54, 1.807) is 0 Å². The standard InChI is InChI=1S/C10H12FN3O/c11-8-5-6(12)1-4-9(8)14-10(15)13-7-2-3-7/h1,4-5,7H,2-3,12H2,(H2,13,14,15). The van der Waals surface area contributed by atoms with Crippen LogP contribution in [-0.4, -0.2) is 12.1 Å². The summed E-state index contributed by atoms with van der Waals surface area (Å²) in [7, 11) is 0. The van der Waals surface area contributed by atoms with Crippen molar-refractivity contribution < 1.29 is 9.18 Å². The molecule has 80 valence electrons. The Balaban J connectivity index is 1.99. The molecule has 4 N–H and O–H groups in total. The maximum atomic E-state index is 13.2. The van der Waals surface area contributed by atoms with Gasteiger partial charge in [0.05, 0.1) is 5.69 Å². The van der Waals surface area contributed by atoms with Crippen molar-refractivity contribution in [3.63, 3.8) is 0 Å². The van der Waals surface area contributed by atoms with E-state index in [4.69, 9.17) is 5.73 Å². The van der Waals surface area contributed by atoms with Crippen LogP contribution in [-0.2, 0) is 0 Å². The smallest absolute Gasteiger partial charge is 0.319 e. The number of halogens is 1. The monoisotopic (exact) mass is 209 g/mol. The van der Waals surface area contributed by atoms with Crippen LogP contribution >= 0.6 is 0 Å². The van der Waals surface area contributed by atoms with Crippen molar-refractivity contribution in [3.8, 4) is 0 Å². The van der Waals surface area contributed by atoms with Gasteiger partial charge in [-0.1, -0.05) is 0 Å². The van der Waals surface area contributed by atoms with Crippen LogP contribution < -0.4 is 16.4 Å². The van der Waals surface area contributed by atoms with Crippen molar-refractivity contribution in [1.82, 2.24) is 5.32 Å². The third kappa shape index (κ3) is 2.59. The molecule has 2 amide bonds. The van der Waals surface area contributed by atoms with E-state index in [0.717, 1.165) is 12.8 Å². The van der Waals surface area contributed by atoms with E-state index < -0.39 is 5.82 Å². The number of urea groups is 1. The number of rotatable bonds is 2. The molecule has 1 aromatic rings. The molecule has 0 saturated heterocycles. The molecule has 4 nitrogen and oxygen atoms in total. The average molecular weight is 209 g/mol. The minimum Gasteiger partial charge on any atom is -0.399 e. The minimum absolute atomic E-state index is 0.141. The van der Waals surface area contributed by atoms with E-state index in [1.165, 1.54) is 18.2 Å². The number of carbonyl (C=O) groups excluding carboxylic acids is 1. The number of nitrogens with one attached hydrogen (secondary N) is 2. The fourth-order valence-corrected chi connectivity index (χ4v) is 1.20. The molecule has 0 unspecified atom stereocenters. The van der Waals surface area contributed by atoms with Gasteiger partial charge in [-0.25, -0.2) is 9.18 Å². The Labute approximate surface area is 86.7 Å². The van der Waals surface area contributed by atoms with Gasteiger partial charge in [-0.2, -0.15) is 0 Å². The van der Waals surface area contributed by atoms with Crippen LogP contribution in [0.2, 0.25) is 0 Å². The fourth-order valence-electron chi connectivity index (χ4n) is 1.20. The van der Waals surface area contributed by atoms with Gasteiger partial charge >= 0.3 is 6.03 Å². The lowest BCUT2D eigenvalue weighted by atomic mass is 10.3. The molecule has 1 aromatic carbocycles. The predicted octanol–water partition coefficient (Wildman–Crippen LogP) is 1.69. The van der Waals surface area contributed by atoms with Gasteiger partial charge in [0, 0.05) is 11.7 Å². The topological polar surface area (TPSA) is 67.1 Å². The summed E-state index contributed by atoms with van der Waals surface area (Å²) in [6.45, 7) is 0. The van der Waals surface area contributed by atoms with Gasteiger partial charge in [0.25, 0.3) is 0 Å². The SMILES string of the molecule is Nc1ccc(NC(=O)NC2CC2)c(F)c1. The summed E-state index contributed by atoms with van der Waals surface area (Å²) < 4.78 is 13.2. The second-order valence-corrected chi connectivity index (χ2v) is 3.61. The first-order valence-electron chi connectivity index (χ1n) is 4.77. The largest absolute Gasteiger partial charge is 0.399 e. The van der Waals surface area contributed by atoms with Crippen molar-refractivity contribution in [2.24, 2.45) is 0 Å². The average Bonchev–Trinajstić information content (AvgIpc) is 2.94. The molecule has 5 heteroatoms. The van der Waals surface area contributed by atoms with E-state index in [9.17, 15) is 9.18 Å². The Bertz CT molecular complexity index is 390. The maximum absolute atomic E-state index is 13.2. The summed E-state index contributed by atoms with van der Waals surface area (Å²) in [5.74, 6) is -0.527.